The lowest BCUT2D eigenvalue weighted by molar-refractivity contribution is 0.122. The Morgan fingerprint density at radius 2 is 1.81 bits per heavy atom. The number of halogens is 1. The zero-order chi connectivity index (χ0) is 21.2. The van der Waals surface area contributed by atoms with Crippen molar-refractivity contribution in [3.63, 3.8) is 0 Å². The van der Waals surface area contributed by atoms with E-state index in [0.717, 1.165) is 55.8 Å². The van der Waals surface area contributed by atoms with Crippen LogP contribution in [0.1, 0.15) is 19.4 Å². The Morgan fingerprint density at radius 3 is 2.45 bits per heavy atom. The highest BCUT2D eigenvalue weighted by Crippen LogP contribution is 2.30. The maximum absolute atomic E-state index is 5.59. The third kappa shape index (κ3) is 7.46. The molecule has 0 saturated carbocycles. The number of guanidine groups is 1. The predicted octanol–water partition coefficient (Wildman–Crippen LogP) is 4.13. The van der Waals surface area contributed by atoms with Crippen molar-refractivity contribution in [2.45, 2.75) is 20.4 Å². The normalized spacial score (nSPS) is 13.9. The monoisotopic (exact) mass is 540 g/mol. The Labute approximate surface area is 202 Å². The molecule has 0 aromatic heterocycles. The summed E-state index contributed by atoms with van der Waals surface area (Å²) >= 11 is 0. The SMILES string of the molecule is CCNC(=NCc1ccc(N2CCOCC2)cc1)Nc1ccc(OCC)c(OC)c1.I. The number of hydrogen-bond acceptors (Lipinski definition) is 5. The highest BCUT2D eigenvalue weighted by Gasteiger charge is 2.11. The Morgan fingerprint density at radius 1 is 1.06 bits per heavy atom. The first-order valence-electron chi connectivity index (χ1n) is 10.5. The molecule has 1 aliphatic rings. The first kappa shape index (κ1) is 25.1. The summed E-state index contributed by atoms with van der Waals surface area (Å²) in [6.45, 7) is 9.43. The van der Waals surface area contributed by atoms with Gasteiger partial charge in [0, 0.05) is 37.1 Å². The van der Waals surface area contributed by atoms with Gasteiger partial charge in [-0.1, -0.05) is 12.1 Å². The second-order valence-electron chi connectivity index (χ2n) is 6.88. The predicted molar refractivity (Wildman–Crippen MR) is 137 cm³/mol. The van der Waals surface area contributed by atoms with Gasteiger partial charge in [0.2, 0.25) is 0 Å². The Balaban J connectivity index is 0.00000341. The zero-order valence-corrected chi connectivity index (χ0v) is 20.8. The van der Waals surface area contributed by atoms with Gasteiger partial charge in [0.1, 0.15) is 0 Å². The van der Waals surface area contributed by atoms with Gasteiger partial charge in [-0.2, -0.15) is 0 Å². The molecule has 2 aromatic carbocycles. The molecule has 2 N–H and O–H groups in total. The smallest absolute Gasteiger partial charge is 0.196 e. The Bertz CT molecular complexity index is 824. The molecule has 7 nitrogen and oxygen atoms in total. The summed E-state index contributed by atoms with van der Waals surface area (Å²) in [5.74, 6) is 2.14. The van der Waals surface area contributed by atoms with E-state index >= 15 is 0 Å². The van der Waals surface area contributed by atoms with Crippen molar-refractivity contribution >= 4 is 41.3 Å². The lowest BCUT2D eigenvalue weighted by Crippen LogP contribution is -2.36. The maximum Gasteiger partial charge on any atom is 0.196 e. The van der Waals surface area contributed by atoms with Crippen molar-refractivity contribution in [1.82, 2.24) is 5.32 Å². The van der Waals surface area contributed by atoms with Gasteiger partial charge in [-0.25, -0.2) is 4.99 Å². The minimum Gasteiger partial charge on any atom is -0.493 e. The lowest BCUT2D eigenvalue weighted by atomic mass is 10.2. The fourth-order valence-electron chi connectivity index (χ4n) is 3.27. The van der Waals surface area contributed by atoms with E-state index in [1.54, 1.807) is 7.11 Å². The first-order chi connectivity index (χ1) is 14.7. The molecule has 1 fully saturated rings. The van der Waals surface area contributed by atoms with Crippen LogP contribution in [-0.4, -0.2) is 52.5 Å². The molecule has 8 heteroatoms. The van der Waals surface area contributed by atoms with Crippen LogP contribution in [0, 0.1) is 0 Å². The molecule has 0 spiro atoms. The van der Waals surface area contributed by atoms with E-state index in [4.69, 9.17) is 19.2 Å². The molecule has 0 unspecified atom stereocenters. The standard InChI is InChI=1S/C23H32N4O3.HI/c1-4-24-23(26-19-8-11-21(30-5-2)22(16-19)28-3)25-17-18-6-9-20(10-7-18)27-12-14-29-15-13-27;/h6-11,16H,4-5,12-15,17H2,1-3H3,(H2,24,25,26);1H. The molecule has 0 amide bonds. The van der Waals surface area contributed by atoms with Crippen LogP contribution in [0.5, 0.6) is 11.5 Å². The summed E-state index contributed by atoms with van der Waals surface area (Å²) in [5, 5.41) is 6.62. The van der Waals surface area contributed by atoms with Crippen LogP contribution in [0.2, 0.25) is 0 Å². The highest BCUT2D eigenvalue weighted by molar-refractivity contribution is 14.0. The molecule has 3 rings (SSSR count). The van der Waals surface area contributed by atoms with Crippen LogP contribution < -0.4 is 25.0 Å². The van der Waals surface area contributed by atoms with Crippen molar-refractivity contribution in [3.8, 4) is 11.5 Å². The van der Waals surface area contributed by atoms with E-state index in [9.17, 15) is 0 Å². The molecule has 1 heterocycles. The fraction of sp³-hybridized carbons (Fsp3) is 0.435. The van der Waals surface area contributed by atoms with Crippen molar-refractivity contribution in [3.05, 3.63) is 48.0 Å². The molecule has 1 aliphatic heterocycles. The molecular formula is C23H33IN4O3. The Kier molecular flexibility index (Phi) is 10.7. The van der Waals surface area contributed by atoms with Gasteiger partial charge in [0.15, 0.2) is 17.5 Å². The molecule has 0 radical (unpaired) electrons. The first-order valence-corrected chi connectivity index (χ1v) is 10.5. The van der Waals surface area contributed by atoms with Gasteiger partial charge in [0.05, 0.1) is 33.5 Å². The van der Waals surface area contributed by atoms with E-state index in [-0.39, 0.29) is 24.0 Å². The topological polar surface area (TPSA) is 67.4 Å². The summed E-state index contributed by atoms with van der Waals surface area (Å²) in [7, 11) is 1.64. The highest BCUT2D eigenvalue weighted by atomic mass is 127. The minimum absolute atomic E-state index is 0. The fourth-order valence-corrected chi connectivity index (χ4v) is 3.27. The van der Waals surface area contributed by atoms with Crippen LogP contribution in [0.15, 0.2) is 47.5 Å². The van der Waals surface area contributed by atoms with Gasteiger partial charge in [-0.3, -0.25) is 0 Å². The largest absolute Gasteiger partial charge is 0.493 e. The third-order valence-corrected chi connectivity index (χ3v) is 4.80. The number of anilines is 2. The van der Waals surface area contributed by atoms with Crippen LogP contribution >= 0.6 is 24.0 Å². The van der Waals surface area contributed by atoms with Crippen LogP contribution in [0.25, 0.3) is 0 Å². The second-order valence-corrected chi connectivity index (χ2v) is 6.88. The van der Waals surface area contributed by atoms with Crippen LogP contribution in [0.3, 0.4) is 0 Å². The summed E-state index contributed by atoms with van der Waals surface area (Å²) in [6.07, 6.45) is 0. The van der Waals surface area contributed by atoms with E-state index in [0.29, 0.717) is 18.9 Å². The molecule has 2 aromatic rings. The van der Waals surface area contributed by atoms with Gasteiger partial charge in [0.25, 0.3) is 0 Å². The van der Waals surface area contributed by atoms with E-state index in [2.05, 4.69) is 39.8 Å². The summed E-state index contributed by atoms with van der Waals surface area (Å²) in [4.78, 5) is 7.07. The van der Waals surface area contributed by atoms with Crippen LogP contribution in [-0.2, 0) is 11.3 Å². The quantitative estimate of drug-likeness (QED) is 0.298. The zero-order valence-electron chi connectivity index (χ0n) is 18.5. The number of nitrogens with one attached hydrogen (secondary N) is 2. The molecule has 0 aliphatic carbocycles. The third-order valence-electron chi connectivity index (χ3n) is 4.80. The maximum atomic E-state index is 5.59. The number of rotatable bonds is 8. The number of nitrogens with zero attached hydrogens (tertiary/aromatic N) is 2. The number of hydrogen-bond donors (Lipinski definition) is 2. The van der Waals surface area contributed by atoms with E-state index in [1.807, 2.05) is 32.0 Å². The van der Waals surface area contributed by atoms with Gasteiger partial charge < -0.3 is 29.7 Å². The average Bonchev–Trinajstić information content (AvgIpc) is 2.79. The second kappa shape index (κ2) is 13.3. The van der Waals surface area contributed by atoms with Gasteiger partial charge in [-0.05, 0) is 43.7 Å². The Hall–Kier alpha value is -2.20. The molecular weight excluding hydrogens is 507 g/mol. The summed E-state index contributed by atoms with van der Waals surface area (Å²) < 4.78 is 16.4. The van der Waals surface area contributed by atoms with Crippen molar-refractivity contribution in [1.29, 1.82) is 0 Å². The lowest BCUT2D eigenvalue weighted by Gasteiger charge is -2.28. The van der Waals surface area contributed by atoms with E-state index < -0.39 is 0 Å². The van der Waals surface area contributed by atoms with Crippen molar-refractivity contribution in [2.24, 2.45) is 4.99 Å². The van der Waals surface area contributed by atoms with Gasteiger partial charge in [-0.15, -0.1) is 24.0 Å². The molecule has 1 saturated heterocycles. The molecule has 0 bridgehead atoms. The molecule has 31 heavy (non-hydrogen) atoms. The summed E-state index contributed by atoms with van der Waals surface area (Å²) in [6, 6.07) is 14.4. The van der Waals surface area contributed by atoms with E-state index in [1.165, 1.54) is 5.69 Å². The van der Waals surface area contributed by atoms with Crippen molar-refractivity contribution in [2.75, 3.05) is 56.8 Å². The summed E-state index contributed by atoms with van der Waals surface area (Å²) in [5.41, 5.74) is 3.28. The molecule has 170 valence electrons. The van der Waals surface area contributed by atoms with Crippen LogP contribution in [0.4, 0.5) is 11.4 Å². The number of aliphatic imine (C=N–C) groups is 1. The van der Waals surface area contributed by atoms with Gasteiger partial charge >= 0.3 is 0 Å². The number of ether oxygens (including phenoxy) is 3. The minimum atomic E-state index is 0. The number of methoxy groups -OCH3 is 1. The number of benzene rings is 2. The van der Waals surface area contributed by atoms with Crippen molar-refractivity contribution < 1.29 is 14.2 Å². The average molecular weight is 540 g/mol. The molecule has 0 atom stereocenters. The number of morpholine rings is 1.